The van der Waals surface area contributed by atoms with Gasteiger partial charge in [0.05, 0.1) is 33.7 Å². The van der Waals surface area contributed by atoms with E-state index in [0.29, 0.717) is 15.7 Å². The molecular weight excluding hydrogens is 445 g/mol. The number of nitrogens with two attached hydrogens (primary N) is 1. The quantitative estimate of drug-likeness (QED) is 0.469. The van der Waals surface area contributed by atoms with Crippen LogP contribution in [0.25, 0.3) is 22.4 Å². The Labute approximate surface area is 195 Å². The molecule has 4 aromatic rings. The molecule has 0 amide bonds. The van der Waals surface area contributed by atoms with Gasteiger partial charge >= 0.3 is 0 Å². The lowest BCUT2D eigenvalue weighted by molar-refractivity contribution is 0.170. The Hall–Kier alpha value is -2.74. The molecular formula is C23H21Cl2N7. The topological polar surface area (TPSA) is 85.8 Å². The molecule has 2 aliphatic rings. The average molecular weight is 466 g/mol. The number of halogens is 2. The van der Waals surface area contributed by atoms with Crippen molar-refractivity contribution in [3.63, 3.8) is 0 Å². The highest BCUT2D eigenvalue weighted by Gasteiger charge is 2.47. The van der Waals surface area contributed by atoms with Gasteiger partial charge in [0, 0.05) is 36.8 Å². The van der Waals surface area contributed by atoms with Gasteiger partial charge in [0.25, 0.3) is 0 Å². The van der Waals surface area contributed by atoms with Gasteiger partial charge in [0.2, 0.25) is 0 Å². The Balaban J connectivity index is 1.23. The van der Waals surface area contributed by atoms with Gasteiger partial charge in [0.15, 0.2) is 5.65 Å². The molecule has 9 heteroatoms. The number of hydrogen-bond acceptors (Lipinski definition) is 6. The first kappa shape index (κ1) is 19.9. The Morgan fingerprint density at radius 3 is 2.69 bits per heavy atom. The van der Waals surface area contributed by atoms with E-state index in [9.17, 15) is 0 Å². The number of fused-ring (bicyclic) bond motifs is 2. The van der Waals surface area contributed by atoms with Crippen molar-refractivity contribution in [2.24, 2.45) is 11.1 Å². The highest BCUT2D eigenvalue weighted by atomic mass is 35.5. The van der Waals surface area contributed by atoms with Crippen LogP contribution in [0.1, 0.15) is 24.6 Å². The molecule has 1 spiro atoms. The third kappa shape index (κ3) is 3.07. The molecule has 3 aromatic heterocycles. The van der Waals surface area contributed by atoms with Crippen molar-refractivity contribution in [1.29, 1.82) is 0 Å². The van der Waals surface area contributed by atoms with E-state index < -0.39 is 0 Å². The van der Waals surface area contributed by atoms with E-state index in [4.69, 9.17) is 33.9 Å². The zero-order valence-electron chi connectivity index (χ0n) is 17.2. The molecule has 1 saturated heterocycles. The van der Waals surface area contributed by atoms with Gasteiger partial charge in [-0.1, -0.05) is 35.3 Å². The van der Waals surface area contributed by atoms with Gasteiger partial charge in [0.1, 0.15) is 11.3 Å². The number of rotatable bonds is 2. The van der Waals surface area contributed by atoms with Gasteiger partial charge in [-0.15, -0.1) is 0 Å². The maximum atomic E-state index is 6.61. The normalized spacial score (nSPS) is 19.6. The maximum Gasteiger partial charge on any atom is 0.178 e. The van der Waals surface area contributed by atoms with E-state index in [1.165, 1.54) is 0 Å². The van der Waals surface area contributed by atoms with Gasteiger partial charge in [-0.25, -0.2) is 15.0 Å². The zero-order valence-corrected chi connectivity index (χ0v) is 18.8. The fourth-order valence-corrected chi connectivity index (χ4v) is 5.40. The van der Waals surface area contributed by atoms with Crippen molar-refractivity contribution in [2.75, 3.05) is 18.0 Å². The van der Waals surface area contributed by atoms with Gasteiger partial charge < -0.3 is 10.6 Å². The summed E-state index contributed by atoms with van der Waals surface area (Å²) in [6, 6.07) is 11.4. The second kappa shape index (κ2) is 7.40. The lowest BCUT2D eigenvalue weighted by Gasteiger charge is -2.41. The average Bonchev–Trinajstić information content (AvgIpc) is 3.37. The first-order valence-corrected chi connectivity index (χ1v) is 11.4. The van der Waals surface area contributed by atoms with E-state index in [1.807, 2.05) is 36.5 Å². The molecule has 6 rings (SSSR count). The fraction of sp³-hybridized carbons (Fsp3) is 0.304. The van der Waals surface area contributed by atoms with Crippen molar-refractivity contribution in [3.05, 3.63) is 64.5 Å². The summed E-state index contributed by atoms with van der Waals surface area (Å²) in [5.41, 5.74) is 10.7. The van der Waals surface area contributed by atoms with Crippen LogP contribution in [0.15, 0.2) is 48.8 Å². The highest BCUT2D eigenvalue weighted by Crippen LogP contribution is 2.47. The Kier molecular flexibility index (Phi) is 4.61. The number of piperidine rings is 1. The highest BCUT2D eigenvalue weighted by molar-refractivity contribution is 6.43. The minimum absolute atomic E-state index is 0.0378. The lowest BCUT2D eigenvalue weighted by atomic mass is 9.73. The summed E-state index contributed by atoms with van der Waals surface area (Å²) in [7, 11) is 0. The number of anilines is 1. The van der Waals surface area contributed by atoms with Crippen LogP contribution in [-0.2, 0) is 6.54 Å². The third-order valence-corrected chi connectivity index (χ3v) is 7.71. The van der Waals surface area contributed by atoms with Gasteiger partial charge in [-0.05, 0) is 37.1 Å². The van der Waals surface area contributed by atoms with E-state index >= 15 is 0 Å². The molecule has 0 bridgehead atoms. The molecule has 0 saturated carbocycles. The number of nitrogens with zero attached hydrogens (tertiary/aromatic N) is 6. The first-order chi connectivity index (χ1) is 15.5. The predicted molar refractivity (Wildman–Crippen MR) is 126 cm³/mol. The molecule has 1 aromatic carbocycles. The summed E-state index contributed by atoms with van der Waals surface area (Å²) < 4.78 is 2.06. The van der Waals surface area contributed by atoms with Gasteiger partial charge in [-0.3, -0.25) is 4.68 Å². The monoisotopic (exact) mass is 465 g/mol. The second-order valence-electron chi connectivity index (χ2n) is 8.61. The van der Waals surface area contributed by atoms with Crippen LogP contribution in [0, 0.1) is 5.41 Å². The SMILES string of the molecule is N[C@@H]1c2ccnn2CC12CCN(c1cnc3nc(-c4cccc(Cl)c4Cl)ccc3n1)CC2. The predicted octanol–water partition coefficient (Wildman–Crippen LogP) is 4.50. The molecule has 1 atom stereocenters. The Morgan fingerprint density at radius 2 is 1.88 bits per heavy atom. The number of pyridine rings is 1. The van der Waals surface area contributed by atoms with E-state index in [0.717, 1.165) is 60.8 Å². The second-order valence-corrected chi connectivity index (χ2v) is 9.39. The van der Waals surface area contributed by atoms with E-state index in [-0.39, 0.29) is 11.5 Å². The van der Waals surface area contributed by atoms with Crippen LogP contribution in [0.2, 0.25) is 10.0 Å². The van der Waals surface area contributed by atoms with Crippen molar-refractivity contribution in [2.45, 2.75) is 25.4 Å². The third-order valence-electron chi connectivity index (χ3n) is 6.90. The molecule has 0 radical (unpaired) electrons. The number of aromatic nitrogens is 5. The summed E-state index contributed by atoms with van der Waals surface area (Å²) in [5, 5.41) is 5.41. The summed E-state index contributed by atoms with van der Waals surface area (Å²) >= 11 is 12.5. The Morgan fingerprint density at radius 1 is 1.03 bits per heavy atom. The molecule has 5 heterocycles. The standard InChI is InChI=1S/C23H21Cl2N7/c24-15-3-1-2-14(20(15)25)16-4-5-17-22(30-16)27-12-19(29-17)31-10-7-23(8-11-31)13-32-18(21(23)26)6-9-28-32/h1-6,9,12,21H,7-8,10-11,13,26H2/t21-/m1/s1. The van der Waals surface area contributed by atoms with Crippen LogP contribution in [0.4, 0.5) is 5.82 Å². The van der Waals surface area contributed by atoms with Crippen molar-refractivity contribution in [3.8, 4) is 11.3 Å². The smallest absolute Gasteiger partial charge is 0.178 e. The van der Waals surface area contributed by atoms with Crippen LogP contribution >= 0.6 is 23.2 Å². The fourth-order valence-electron chi connectivity index (χ4n) is 5.00. The van der Waals surface area contributed by atoms with Crippen molar-refractivity contribution in [1.82, 2.24) is 24.7 Å². The number of hydrogen-bond donors (Lipinski definition) is 1. The summed E-state index contributed by atoms with van der Waals surface area (Å²) in [4.78, 5) is 16.4. The molecule has 32 heavy (non-hydrogen) atoms. The zero-order chi connectivity index (χ0) is 21.9. The molecule has 2 N–H and O–H groups in total. The van der Waals surface area contributed by atoms with Crippen LogP contribution in [0.3, 0.4) is 0 Å². The lowest BCUT2D eigenvalue weighted by Crippen LogP contribution is -2.45. The summed E-state index contributed by atoms with van der Waals surface area (Å²) in [5.74, 6) is 0.868. The van der Waals surface area contributed by atoms with Crippen LogP contribution in [0.5, 0.6) is 0 Å². The summed E-state index contributed by atoms with van der Waals surface area (Å²) in [6.07, 6.45) is 5.64. The molecule has 1 fully saturated rings. The maximum absolute atomic E-state index is 6.61. The van der Waals surface area contributed by atoms with Crippen LogP contribution in [-0.4, -0.2) is 37.8 Å². The Bertz CT molecular complexity index is 1330. The van der Waals surface area contributed by atoms with Crippen molar-refractivity contribution < 1.29 is 0 Å². The first-order valence-electron chi connectivity index (χ1n) is 10.6. The minimum Gasteiger partial charge on any atom is -0.355 e. The van der Waals surface area contributed by atoms with Gasteiger partial charge in [-0.2, -0.15) is 5.10 Å². The number of benzene rings is 1. The molecule has 0 unspecified atom stereocenters. The van der Waals surface area contributed by atoms with E-state index in [1.54, 1.807) is 12.3 Å². The largest absolute Gasteiger partial charge is 0.355 e. The molecule has 162 valence electrons. The molecule has 0 aliphatic carbocycles. The molecule has 2 aliphatic heterocycles. The minimum atomic E-state index is 0.0378. The molecule has 7 nitrogen and oxygen atoms in total. The van der Waals surface area contributed by atoms with Crippen LogP contribution < -0.4 is 10.6 Å². The van der Waals surface area contributed by atoms with E-state index in [2.05, 4.69) is 24.6 Å². The van der Waals surface area contributed by atoms with Crippen molar-refractivity contribution >= 4 is 40.2 Å². The summed E-state index contributed by atoms with van der Waals surface area (Å²) in [6.45, 7) is 2.68.